The van der Waals surface area contributed by atoms with Gasteiger partial charge >= 0.3 is 6.03 Å². The lowest BCUT2D eigenvalue weighted by Crippen LogP contribution is -2.52. The third kappa shape index (κ3) is 4.52. The fraction of sp³-hybridized carbons (Fsp3) is 0.276. The van der Waals surface area contributed by atoms with Crippen molar-refractivity contribution in [2.24, 2.45) is 0 Å². The van der Waals surface area contributed by atoms with Gasteiger partial charge in [0.15, 0.2) is 0 Å². The second-order valence-electron chi connectivity index (χ2n) is 9.68. The maximum Gasteiger partial charge on any atom is 0.327 e. The first-order valence-electron chi connectivity index (χ1n) is 12.8. The second kappa shape index (κ2) is 10.2. The zero-order valence-corrected chi connectivity index (χ0v) is 21.9. The molecule has 8 nitrogen and oxygen atoms in total. The van der Waals surface area contributed by atoms with Gasteiger partial charge in [0.05, 0.1) is 22.8 Å². The number of piperidine rings is 1. The average Bonchev–Trinajstić information content (AvgIpc) is 3.28. The van der Waals surface area contributed by atoms with Crippen molar-refractivity contribution >= 4 is 35.1 Å². The topological polar surface area (TPSA) is 86.8 Å². The van der Waals surface area contributed by atoms with Gasteiger partial charge in [-0.2, -0.15) is 0 Å². The van der Waals surface area contributed by atoms with Crippen LogP contribution in [-0.2, 0) is 4.79 Å². The van der Waals surface area contributed by atoms with Crippen LogP contribution in [-0.4, -0.2) is 46.3 Å². The van der Waals surface area contributed by atoms with E-state index in [1.54, 1.807) is 22.9 Å². The van der Waals surface area contributed by atoms with Gasteiger partial charge in [0.25, 0.3) is 0 Å². The summed E-state index contributed by atoms with van der Waals surface area (Å²) in [6.45, 7) is 6.97. The van der Waals surface area contributed by atoms with Crippen molar-refractivity contribution in [3.8, 4) is 11.5 Å². The highest BCUT2D eigenvalue weighted by Gasteiger charge is 2.44. The lowest BCUT2D eigenvalue weighted by atomic mass is 10.0. The molecule has 3 aromatic rings. The minimum absolute atomic E-state index is 0.0190. The van der Waals surface area contributed by atoms with Crippen LogP contribution in [0.25, 0.3) is 0 Å². The largest absolute Gasteiger partial charge is 0.457 e. The van der Waals surface area contributed by atoms with E-state index in [2.05, 4.69) is 22.2 Å². The number of urea groups is 1. The van der Waals surface area contributed by atoms with Crippen molar-refractivity contribution in [1.29, 1.82) is 0 Å². The molecule has 2 aromatic carbocycles. The summed E-state index contributed by atoms with van der Waals surface area (Å²) in [6.07, 6.45) is 4.86. The molecular weight excluding hydrogens is 498 g/mol. The number of anilines is 2. The first kappa shape index (κ1) is 24.5. The zero-order chi connectivity index (χ0) is 26.2. The molecule has 3 aliphatic rings. The summed E-state index contributed by atoms with van der Waals surface area (Å²) in [7, 11) is 0. The number of para-hydroxylation sites is 1. The Hall–Kier alpha value is -3.82. The summed E-state index contributed by atoms with van der Waals surface area (Å²) in [6, 6.07) is 17.2. The lowest BCUT2D eigenvalue weighted by molar-refractivity contribution is -0.127. The third-order valence-corrected chi connectivity index (χ3v) is 8.49. The van der Waals surface area contributed by atoms with Crippen LogP contribution in [0.1, 0.15) is 30.0 Å². The minimum Gasteiger partial charge on any atom is -0.457 e. The highest BCUT2D eigenvalue weighted by atomic mass is 32.2. The predicted octanol–water partition coefficient (Wildman–Crippen LogP) is 5.28. The first-order valence-corrected chi connectivity index (χ1v) is 13.7. The van der Waals surface area contributed by atoms with Crippen molar-refractivity contribution in [1.82, 2.24) is 20.5 Å². The van der Waals surface area contributed by atoms with E-state index >= 15 is 0 Å². The van der Waals surface area contributed by atoms with Gasteiger partial charge in [0.2, 0.25) is 5.91 Å². The van der Waals surface area contributed by atoms with Crippen molar-refractivity contribution in [3.63, 3.8) is 0 Å². The van der Waals surface area contributed by atoms with Crippen LogP contribution < -0.4 is 20.3 Å². The maximum atomic E-state index is 13.5. The number of hydrogen-bond acceptors (Lipinski definition) is 6. The van der Waals surface area contributed by atoms with Gasteiger partial charge in [-0.25, -0.2) is 9.78 Å². The highest BCUT2D eigenvalue weighted by Crippen LogP contribution is 2.50. The molecule has 0 spiro atoms. The number of benzene rings is 2. The molecule has 0 bridgehead atoms. The van der Waals surface area contributed by atoms with E-state index in [0.29, 0.717) is 18.8 Å². The van der Waals surface area contributed by atoms with Crippen molar-refractivity contribution < 1.29 is 14.3 Å². The smallest absolute Gasteiger partial charge is 0.327 e. The molecule has 4 heterocycles. The van der Waals surface area contributed by atoms with E-state index in [1.165, 1.54) is 6.08 Å². The molecule has 2 N–H and O–H groups in total. The molecule has 6 rings (SSSR count). The highest BCUT2D eigenvalue weighted by molar-refractivity contribution is 8.00. The summed E-state index contributed by atoms with van der Waals surface area (Å²) in [4.78, 5) is 33.7. The zero-order valence-electron chi connectivity index (χ0n) is 21.1. The number of carbonyl (C=O) groups excluding carboxylic acids is 2. The Bertz CT molecular complexity index is 1390. The van der Waals surface area contributed by atoms with Gasteiger partial charge in [-0.15, -0.1) is 0 Å². The Balaban J connectivity index is 1.22. The average molecular weight is 528 g/mol. The van der Waals surface area contributed by atoms with E-state index in [9.17, 15) is 9.59 Å². The number of carbonyl (C=O) groups is 2. The summed E-state index contributed by atoms with van der Waals surface area (Å²) in [5.74, 6) is 1.46. The quantitative estimate of drug-likeness (QED) is 0.424. The van der Waals surface area contributed by atoms with Crippen LogP contribution in [0.4, 0.5) is 16.2 Å². The van der Waals surface area contributed by atoms with E-state index in [4.69, 9.17) is 4.74 Å². The van der Waals surface area contributed by atoms with Crippen molar-refractivity contribution in [2.75, 3.05) is 18.0 Å². The number of ether oxygens (including phenoxy) is 1. The molecule has 1 saturated heterocycles. The van der Waals surface area contributed by atoms with Crippen LogP contribution in [0.3, 0.4) is 0 Å². The predicted molar refractivity (Wildman–Crippen MR) is 148 cm³/mol. The molecule has 38 heavy (non-hydrogen) atoms. The normalized spacial score (nSPS) is 20.6. The van der Waals surface area contributed by atoms with E-state index in [0.717, 1.165) is 46.1 Å². The Morgan fingerprint density at radius 1 is 1.13 bits per heavy atom. The van der Waals surface area contributed by atoms with Gasteiger partial charge in [-0.05, 0) is 67.8 Å². The molecule has 194 valence electrons. The van der Waals surface area contributed by atoms with Gasteiger partial charge in [0.1, 0.15) is 16.5 Å². The van der Waals surface area contributed by atoms with Crippen molar-refractivity contribution in [2.45, 2.75) is 42.2 Å². The molecular formula is C29H29N5O3S. The van der Waals surface area contributed by atoms with Crippen LogP contribution >= 0.6 is 11.8 Å². The molecule has 1 aromatic heterocycles. The summed E-state index contributed by atoms with van der Waals surface area (Å²) < 4.78 is 5.99. The Morgan fingerprint density at radius 3 is 2.66 bits per heavy atom. The summed E-state index contributed by atoms with van der Waals surface area (Å²) in [5, 5.41) is 7.86. The number of thioether (sulfide) groups is 1. The molecule has 0 saturated carbocycles. The fourth-order valence-corrected chi connectivity index (χ4v) is 6.71. The number of aryl methyl sites for hydroxylation is 1. The maximum absolute atomic E-state index is 13.5. The number of hydrogen-bond donors (Lipinski definition) is 2. The molecule has 9 heteroatoms. The van der Waals surface area contributed by atoms with Gasteiger partial charge in [-0.3, -0.25) is 9.69 Å². The van der Waals surface area contributed by atoms with E-state index < -0.39 is 0 Å². The second-order valence-corrected chi connectivity index (χ2v) is 10.8. The number of nitrogens with zero attached hydrogens (tertiary/aromatic N) is 3. The first-order chi connectivity index (χ1) is 18.5. The Labute approximate surface area is 226 Å². The van der Waals surface area contributed by atoms with E-state index in [1.807, 2.05) is 66.4 Å². The Morgan fingerprint density at radius 2 is 1.92 bits per heavy atom. The summed E-state index contributed by atoms with van der Waals surface area (Å²) in [5.41, 5.74) is 3.62. The van der Waals surface area contributed by atoms with Gasteiger partial charge in [0, 0.05) is 30.9 Å². The molecule has 2 atom stereocenters. The van der Waals surface area contributed by atoms with Crippen LogP contribution in [0.2, 0.25) is 0 Å². The Kier molecular flexibility index (Phi) is 6.55. The standard InChI is InChI=1S/C29H29N5O3S/c1-3-24(35)33-15-12-19(13-16-33)31-28-26-25-23(11-14-30-27(25)38-28)34(29(36)32-26)22-10-9-21(17-18(22)2)37-20-7-5-4-6-8-20/h3-11,14,17,19,26,28,31H,1,12-13,15-16H2,2H3,(H,32,36). The van der Waals surface area contributed by atoms with E-state index in [-0.39, 0.29) is 29.4 Å². The molecule has 3 aliphatic heterocycles. The van der Waals surface area contributed by atoms with Crippen LogP contribution in [0.5, 0.6) is 11.5 Å². The number of pyridine rings is 1. The monoisotopic (exact) mass is 527 g/mol. The summed E-state index contributed by atoms with van der Waals surface area (Å²) >= 11 is 1.66. The number of rotatable bonds is 6. The molecule has 0 radical (unpaired) electrons. The van der Waals surface area contributed by atoms with Gasteiger partial charge < -0.3 is 20.3 Å². The van der Waals surface area contributed by atoms with Crippen LogP contribution in [0, 0.1) is 6.92 Å². The van der Waals surface area contributed by atoms with Gasteiger partial charge in [-0.1, -0.05) is 36.5 Å². The number of aromatic nitrogens is 1. The fourth-order valence-electron chi connectivity index (χ4n) is 5.38. The lowest BCUT2D eigenvalue weighted by Gasteiger charge is -2.37. The third-order valence-electron chi connectivity index (χ3n) is 7.28. The molecule has 0 aliphatic carbocycles. The van der Waals surface area contributed by atoms with Crippen LogP contribution in [0.15, 0.2) is 78.5 Å². The number of nitrogens with one attached hydrogen (secondary N) is 2. The molecule has 2 unspecified atom stereocenters. The minimum atomic E-state index is -0.184. The molecule has 3 amide bonds. The number of amides is 3. The van der Waals surface area contributed by atoms with Crippen molar-refractivity contribution in [3.05, 3.63) is 84.6 Å². The molecule has 1 fully saturated rings. The SMILES string of the molecule is C=CC(=O)N1CCC(NC2Sc3nccc4c3C2NC(=O)N4c2ccc(Oc3ccccc3)cc2C)CC1. The number of likely N-dealkylation sites (tertiary alicyclic amines) is 1.